The van der Waals surface area contributed by atoms with E-state index >= 15 is 0 Å². The third kappa shape index (κ3) is 3.54. The molecule has 1 nitrogen and oxygen atoms in total. The third-order valence-electron chi connectivity index (χ3n) is 2.97. The number of alkyl halides is 1. The van der Waals surface area contributed by atoms with E-state index in [1.807, 2.05) is 24.3 Å². The summed E-state index contributed by atoms with van der Waals surface area (Å²) in [7, 11) is 1.53. The Hall–Kier alpha value is -0.580. The zero-order valence-corrected chi connectivity index (χ0v) is 14.6. The fraction of sp³-hybridized carbons (Fsp3) is 0.200. The highest BCUT2D eigenvalue weighted by Gasteiger charge is 2.17. The van der Waals surface area contributed by atoms with E-state index in [-0.39, 0.29) is 10.6 Å². The summed E-state index contributed by atoms with van der Waals surface area (Å²) in [6, 6.07) is 10.8. The van der Waals surface area contributed by atoms with Crippen molar-refractivity contribution >= 4 is 43.5 Å². The highest BCUT2D eigenvalue weighted by Crippen LogP contribution is 2.37. The van der Waals surface area contributed by atoms with Gasteiger partial charge in [0.25, 0.3) is 0 Å². The van der Waals surface area contributed by atoms with Gasteiger partial charge in [-0.15, -0.1) is 0 Å². The maximum absolute atomic E-state index is 13.5. The van der Waals surface area contributed by atoms with Crippen LogP contribution in [0.5, 0.6) is 5.75 Å². The number of methoxy groups -OCH3 is 1. The number of ether oxygens (including phenoxy) is 1. The molecule has 0 aliphatic carbocycles. The van der Waals surface area contributed by atoms with E-state index in [1.54, 1.807) is 6.07 Å². The molecular formula is C15H12Br2ClFO. The quantitative estimate of drug-likeness (QED) is 0.555. The van der Waals surface area contributed by atoms with E-state index in [9.17, 15) is 4.39 Å². The van der Waals surface area contributed by atoms with Crippen LogP contribution in [0.25, 0.3) is 0 Å². The van der Waals surface area contributed by atoms with Crippen LogP contribution in [0.4, 0.5) is 4.39 Å². The van der Waals surface area contributed by atoms with Crippen LogP contribution >= 0.6 is 43.5 Å². The fourth-order valence-electron chi connectivity index (χ4n) is 1.93. The summed E-state index contributed by atoms with van der Waals surface area (Å²) in [5, 5.41) is 0.720. The Labute approximate surface area is 139 Å². The standard InChI is InChI=1S/C15H12Br2ClFO/c1-20-15-8-14(19)12(17)7-10(15)11(16)6-9-4-2-3-5-13(9)18/h2-5,7-8,11H,6H2,1H3. The van der Waals surface area contributed by atoms with Gasteiger partial charge in [0.15, 0.2) is 0 Å². The van der Waals surface area contributed by atoms with Crippen molar-refractivity contribution in [3.63, 3.8) is 0 Å². The molecule has 20 heavy (non-hydrogen) atoms. The summed E-state index contributed by atoms with van der Waals surface area (Å²) in [5.41, 5.74) is 1.90. The molecule has 1 unspecified atom stereocenters. The maximum Gasteiger partial charge on any atom is 0.141 e. The molecule has 0 aliphatic heterocycles. The number of benzene rings is 2. The molecule has 0 aliphatic rings. The van der Waals surface area contributed by atoms with E-state index in [0.29, 0.717) is 16.6 Å². The van der Waals surface area contributed by atoms with Gasteiger partial charge >= 0.3 is 0 Å². The normalized spacial score (nSPS) is 12.2. The summed E-state index contributed by atoms with van der Waals surface area (Å²) in [5.74, 6) is 0.169. The van der Waals surface area contributed by atoms with Crippen LogP contribution in [-0.2, 0) is 6.42 Å². The van der Waals surface area contributed by atoms with E-state index < -0.39 is 0 Å². The second-order valence-corrected chi connectivity index (χ2v) is 6.64. The van der Waals surface area contributed by atoms with Crippen LogP contribution in [0.1, 0.15) is 16.0 Å². The molecule has 0 bridgehead atoms. The van der Waals surface area contributed by atoms with Crippen molar-refractivity contribution in [3.8, 4) is 5.75 Å². The molecule has 0 saturated carbocycles. The number of hydrogen-bond donors (Lipinski definition) is 0. The molecule has 0 spiro atoms. The van der Waals surface area contributed by atoms with Gasteiger partial charge in [-0.3, -0.25) is 0 Å². The van der Waals surface area contributed by atoms with Gasteiger partial charge < -0.3 is 4.74 Å². The first-order valence-corrected chi connectivity index (χ1v) is 8.02. The summed E-state index contributed by atoms with van der Waals surface area (Å²) in [6.07, 6.45) is 0.689. The minimum Gasteiger partial charge on any atom is -0.496 e. The first-order chi connectivity index (χ1) is 9.52. The Morgan fingerprint density at radius 2 is 2.00 bits per heavy atom. The molecule has 0 N–H and O–H groups in total. The molecule has 2 rings (SSSR count). The van der Waals surface area contributed by atoms with Crippen LogP contribution in [0.2, 0.25) is 5.02 Å². The van der Waals surface area contributed by atoms with Crippen LogP contribution in [0.15, 0.2) is 40.9 Å². The van der Waals surface area contributed by atoms with Gasteiger partial charge in [-0.05, 0) is 40.0 Å². The van der Waals surface area contributed by atoms with Gasteiger partial charge in [0.1, 0.15) is 11.6 Å². The predicted octanol–water partition coefficient (Wildman–Crippen LogP) is 5.93. The zero-order valence-electron chi connectivity index (χ0n) is 10.7. The van der Waals surface area contributed by atoms with Crippen LogP contribution in [0, 0.1) is 5.82 Å². The number of halogens is 4. The van der Waals surface area contributed by atoms with Gasteiger partial charge in [-0.25, -0.2) is 4.39 Å². The highest BCUT2D eigenvalue weighted by molar-refractivity contribution is 9.10. The second kappa shape index (κ2) is 6.92. The number of rotatable bonds is 4. The molecule has 2 aromatic carbocycles. The molecule has 2 aromatic rings. The van der Waals surface area contributed by atoms with Gasteiger partial charge in [0.2, 0.25) is 0 Å². The molecule has 1 atom stereocenters. The molecule has 106 valence electrons. The van der Waals surface area contributed by atoms with Gasteiger partial charge in [-0.1, -0.05) is 45.7 Å². The fourth-order valence-corrected chi connectivity index (χ4v) is 3.21. The largest absolute Gasteiger partial charge is 0.496 e. The average Bonchev–Trinajstić information content (AvgIpc) is 2.43. The topological polar surface area (TPSA) is 9.23 Å². The van der Waals surface area contributed by atoms with E-state index in [1.165, 1.54) is 13.2 Å². The molecule has 0 heterocycles. The Kier molecular flexibility index (Phi) is 5.47. The van der Waals surface area contributed by atoms with Crippen LogP contribution in [0.3, 0.4) is 0 Å². The SMILES string of the molecule is COc1cc(F)c(Br)cc1C(Br)Cc1ccccc1Cl. The average molecular weight is 423 g/mol. The summed E-state index contributed by atoms with van der Waals surface area (Å²) in [6.45, 7) is 0. The minimum absolute atomic E-state index is 0.0192. The first-order valence-electron chi connectivity index (χ1n) is 5.93. The zero-order chi connectivity index (χ0) is 14.7. The summed E-state index contributed by atoms with van der Waals surface area (Å²) >= 11 is 13.0. The molecule has 0 radical (unpaired) electrons. The lowest BCUT2D eigenvalue weighted by Gasteiger charge is -2.16. The Morgan fingerprint density at radius 1 is 1.30 bits per heavy atom. The molecule has 0 aromatic heterocycles. The molecular weight excluding hydrogens is 410 g/mol. The van der Waals surface area contributed by atoms with Gasteiger partial charge in [-0.2, -0.15) is 0 Å². The maximum atomic E-state index is 13.5. The Morgan fingerprint density at radius 3 is 2.65 bits per heavy atom. The lowest BCUT2D eigenvalue weighted by atomic mass is 10.0. The van der Waals surface area contributed by atoms with Crippen molar-refractivity contribution in [2.75, 3.05) is 7.11 Å². The predicted molar refractivity (Wildman–Crippen MR) is 87.5 cm³/mol. The third-order valence-corrected chi connectivity index (χ3v) is 4.76. The molecule has 5 heteroatoms. The van der Waals surface area contributed by atoms with Crippen molar-refractivity contribution in [1.29, 1.82) is 0 Å². The van der Waals surface area contributed by atoms with Gasteiger partial charge in [0.05, 0.1) is 11.6 Å². The summed E-state index contributed by atoms with van der Waals surface area (Å²) in [4.78, 5) is -0.0192. The van der Waals surface area contributed by atoms with Crippen molar-refractivity contribution in [1.82, 2.24) is 0 Å². The van der Waals surface area contributed by atoms with Gasteiger partial charge in [0, 0.05) is 21.5 Å². The lowest BCUT2D eigenvalue weighted by molar-refractivity contribution is 0.405. The number of hydrogen-bond acceptors (Lipinski definition) is 1. The van der Waals surface area contributed by atoms with E-state index in [2.05, 4.69) is 31.9 Å². The monoisotopic (exact) mass is 420 g/mol. The van der Waals surface area contributed by atoms with E-state index in [4.69, 9.17) is 16.3 Å². The molecule has 0 amide bonds. The van der Waals surface area contributed by atoms with Crippen molar-refractivity contribution in [3.05, 3.63) is 62.8 Å². The highest BCUT2D eigenvalue weighted by atomic mass is 79.9. The van der Waals surface area contributed by atoms with Crippen molar-refractivity contribution in [2.45, 2.75) is 11.2 Å². The second-order valence-electron chi connectivity index (χ2n) is 4.27. The Bertz CT molecular complexity index is 619. The minimum atomic E-state index is -0.344. The van der Waals surface area contributed by atoms with Crippen LogP contribution < -0.4 is 4.74 Å². The van der Waals surface area contributed by atoms with Crippen molar-refractivity contribution in [2.24, 2.45) is 0 Å². The summed E-state index contributed by atoms with van der Waals surface area (Å²) < 4.78 is 19.2. The smallest absolute Gasteiger partial charge is 0.141 e. The van der Waals surface area contributed by atoms with Crippen molar-refractivity contribution < 1.29 is 9.13 Å². The van der Waals surface area contributed by atoms with E-state index in [0.717, 1.165) is 16.1 Å². The molecule has 0 saturated heterocycles. The lowest BCUT2D eigenvalue weighted by Crippen LogP contribution is -2.00. The Balaban J connectivity index is 2.32. The van der Waals surface area contributed by atoms with Crippen LogP contribution in [-0.4, -0.2) is 7.11 Å². The first kappa shape index (κ1) is 15.8. The molecule has 0 fully saturated rings.